The van der Waals surface area contributed by atoms with Gasteiger partial charge in [-0.3, -0.25) is 4.79 Å². The summed E-state index contributed by atoms with van der Waals surface area (Å²) in [6.45, 7) is 3.11. The molecule has 1 N–H and O–H groups in total. The Morgan fingerprint density at radius 2 is 1.95 bits per heavy atom. The third-order valence-electron chi connectivity index (χ3n) is 8.51. The van der Waals surface area contributed by atoms with Crippen molar-refractivity contribution >= 4 is 43.8 Å². The number of aryl methyl sites for hydroxylation is 1. The van der Waals surface area contributed by atoms with Gasteiger partial charge in [-0.2, -0.15) is 0 Å². The van der Waals surface area contributed by atoms with Crippen LogP contribution in [0.4, 0.5) is 0 Å². The van der Waals surface area contributed by atoms with Crippen LogP contribution in [0.25, 0.3) is 33.1 Å². The lowest BCUT2D eigenvalue weighted by Crippen LogP contribution is -2.54. The molecule has 2 fully saturated rings. The number of hydrogen-bond donors (Lipinski definition) is 1. The zero-order chi connectivity index (χ0) is 25.7. The smallest absolute Gasteiger partial charge is 0.339 e. The second kappa shape index (κ2) is 9.44. The molecule has 7 heteroatoms. The molecule has 4 aromatic rings. The van der Waals surface area contributed by atoms with Crippen molar-refractivity contribution in [2.75, 3.05) is 13.1 Å². The average Bonchev–Trinajstić information content (AvgIpc) is 3.30. The maximum absolute atomic E-state index is 13.1. The zero-order valence-corrected chi connectivity index (χ0v) is 22.5. The first-order chi connectivity index (χ1) is 17.8. The molecule has 1 saturated heterocycles. The van der Waals surface area contributed by atoms with Gasteiger partial charge >= 0.3 is 5.63 Å². The lowest BCUT2D eigenvalue weighted by molar-refractivity contribution is -0.143. The molecule has 37 heavy (non-hydrogen) atoms. The third-order valence-corrected chi connectivity index (χ3v) is 9.03. The topological polar surface area (TPSA) is 83.9 Å². The maximum atomic E-state index is 13.1. The van der Waals surface area contributed by atoms with Gasteiger partial charge in [-0.1, -0.05) is 40.9 Å². The molecule has 0 radical (unpaired) electrons. The highest BCUT2D eigenvalue weighted by Crippen LogP contribution is 2.40. The Morgan fingerprint density at radius 3 is 2.76 bits per heavy atom. The Labute approximate surface area is 223 Å². The van der Waals surface area contributed by atoms with Crippen molar-refractivity contribution in [1.29, 1.82) is 0 Å². The Balaban J connectivity index is 1.26. The number of rotatable bonds is 4. The number of likely N-dealkylation sites (tertiary alicyclic amines) is 1. The Morgan fingerprint density at radius 1 is 1.14 bits per heavy atom. The summed E-state index contributed by atoms with van der Waals surface area (Å²) in [6, 6.07) is 11.8. The fraction of sp³-hybridized carbons (Fsp3) is 0.400. The van der Waals surface area contributed by atoms with Gasteiger partial charge in [0.1, 0.15) is 11.2 Å². The van der Waals surface area contributed by atoms with E-state index in [0.29, 0.717) is 42.7 Å². The van der Waals surface area contributed by atoms with Gasteiger partial charge in [-0.15, -0.1) is 0 Å². The van der Waals surface area contributed by atoms with Crippen molar-refractivity contribution in [2.24, 2.45) is 5.92 Å². The van der Waals surface area contributed by atoms with Crippen LogP contribution in [-0.4, -0.2) is 34.6 Å². The van der Waals surface area contributed by atoms with Crippen LogP contribution >= 0.6 is 15.9 Å². The molecule has 1 aliphatic carbocycles. The standard InChI is InChI=1S/C30H30BrNO5/c1-18-22(9-10-28(33)32-13-12-30(35)11-3-2-4-20(30)16-32)29(34)37-27-15-26-24(14-23(18)27)25(17-36-26)19-5-7-21(31)8-6-19/h5-8,14-15,17,20,35H,2-4,9-13,16H2,1H3. The number of carbonyl (C=O) groups is 1. The summed E-state index contributed by atoms with van der Waals surface area (Å²) in [4.78, 5) is 27.9. The highest BCUT2D eigenvalue weighted by atomic mass is 79.9. The summed E-state index contributed by atoms with van der Waals surface area (Å²) >= 11 is 3.48. The number of aliphatic hydroxyl groups is 1. The second-order valence-electron chi connectivity index (χ2n) is 10.6. The van der Waals surface area contributed by atoms with E-state index in [4.69, 9.17) is 8.83 Å². The fourth-order valence-electron chi connectivity index (χ4n) is 6.24. The molecule has 2 aromatic carbocycles. The predicted octanol–water partition coefficient (Wildman–Crippen LogP) is 6.36. The molecular formula is C30H30BrNO5. The van der Waals surface area contributed by atoms with E-state index < -0.39 is 11.2 Å². The molecule has 6 rings (SSSR count). The number of hydrogen-bond acceptors (Lipinski definition) is 5. The molecule has 6 nitrogen and oxygen atoms in total. The Kier molecular flexibility index (Phi) is 6.24. The normalized spacial score (nSPS) is 21.9. The molecule has 2 atom stereocenters. The fourth-order valence-corrected chi connectivity index (χ4v) is 6.50. The lowest BCUT2D eigenvalue weighted by atomic mass is 9.71. The summed E-state index contributed by atoms with van der Waals surface area (Å²) in [5.41, 5.74) is 3.51. The minimum atomic E-state index is -0.613. The maximum Gasteiger partial charge on any atom is 0.339 e. The minimum Gasteiger partial charge on any atom is -0.464 e. The predicted molar refractivity (Wildman–Crippen MR) is 147 cm³/mol. The van der Waals surface area contributed by atoms with Crippen LogP contribution in [0.1, 0.15) is 49.7 Å². The van der Waals surface area contributed by atoms with Crippen LogP contribution in [0.5, 0.6) is 0 Å². The molecule has 2 unspecified atom stereocenters. The summed E-state index contributed by atoms with van der Waals surface area (Å²) in [5, 5.41) is 12.7. The second-order valence-corrected chi connectivity index (χ2v) is 11.5. The largest absolute Gasteiger partial charge is 0.464 e. The minimum absolute atomic E-state index is 0.0364. The van der Waals surface area contributed by atoms with Gasteiger partial charge in [0.15, 0.2) is 0 Å². The van der Waals surface area contributed by atoms with Gasteiger partial charge in [0.05, 0.1) is 11.9 Å². The summed E-state index contributed by atoms with van der Waals surface area (Å²) in [6.07, 6.45) is 6.93. The van der Waals surface area contributed by atoms with E-state index in [1.165, 1.54) is 0 Å². The molecule has 0 bridgehead atoms. The van der Waals surface area contributed by atoms with Crippen LogP contribution in [0.3, 0.4) is 0 Å². The molecule has 1 amide bonds. The SMILES string of the molecule is Cc1c(CCC(=O)N2CCC3(O)CCCCC3C2)c(=O)oc2cc3occ(-c4ccc(Br)cc4)c3cc12. The van der Waals surface area contributed by atoms with E-state index in [2.05, 4.69) is 15.9 Å². The number of halogens is 1. The summed E-state index contributed by atoms with van der Waals surface area (Å²) < 4.78 is 12.5. The molecule has 0 spiro atoms. The van der Waals surface area contributed by atoms with Crippen LogP contribution < -0.4 is 5.63 Å². The molecule has 2 aliphatic rings. The van der Waals surface area contributed by atoms with Crippen molar-refractivity contribution < 1.29 is 18.7 Å². The quantitative estimate of drug-likeness (QED) is 0.292. The lowest BCUT2D eigenvalue weighted by Gasteiger charge is -2.47. The summed E-state index contributed by atoms with van der Waals surface area (Å²) in [5.74, 6) is 0.193. The molecular weight excluding hydrogens is 534 g/mol. The van der Waals surface area contributed by atoms with Gasteiger partial charge in [-0.05, 0) is 61.9 Å². The number of furan rings is 1. The molecule has 2 aromatic heterocycles. The van der Waals surface area contributed by atoms with Crippen LogP contribution in [0.2, 0.25) is 0 Å². The molecule has 192 valence electrons. The number of carbonyl (C=O) groups excluding carboxylic acids is 1. The van der Waals surface area contributed by atoms with Gasteiger partial charge in [0.25, 0.3) is 0 Å². The van der Waals surface area contributed by atoms with Crippen LogP contribution in [0, 0.1) is 12.8 Å². The van der Waals surface area contributed by atoms with Crippen molar-refractivity contribution in [2.45, 2.75) is 57.5 Å². The number of amides is 1. The number of fused-ring (bicyclic) bond motifs is 3. The van der Waals surface area contributed by atoms with Gasteiger partial charge < -0.3 is 18.8 Å². The van der Waals surface area contributed by atoms with Crippen molar-refractivity contribution in [1.82, 2.24) is 4.90 Å². The average molecular weight is 564 g/mol. The van der Waals surface area contributed by atoms with E-state index in [0.717, 1.165) is 57.6 Å². The van der Waals surface area contributed by atoms with E-state index >= 15 is 0 Å². The number of piperidine rings is 1. The van der Waals surface area contributed by atoms with Crippen LogP contribution in [0.15, 0.2) is 60.8 Å². The van der Waals surface area contributed by atoms with E-state index in [1.807, 2.05) is 42.2 Å². The van der Waals surface area contributed by atoms with E-state index in [-0.39, 0.29) is 18.2 Å². The van der Waals surface area contributed by atoms with E-state index in [1.54, 1.807) is 12.3 Å². The third kappa shape index (κ3) is 4.42. The molecule has 1 aliphatic heterocycles. The highest BCUT2D eigenvalue weighted by Gasteiger charge is 2.43. The van der Waals surface area contributed by atoms with Gasteiger partial charge in [0, 0.05) is 57.9 Å². The monoisotopic (exact) mass is 563 g/mol. The van der Waals surface area contributed by atoms with Crippen molar-refractivity contribution in [3.63, 3.8) is 0 Å². The summed E-state index contributed by atoms with van der Waals surface area (Å²) in [7, 11) is 0. The first-order valence-corrected chi connectivity index (χ1v) is 13.9. The first kappa shape index (κ1) is 24.4. The highest BCUT2D eigenvalue weighted by molar-refractivity contribution is 9.10. The number of nitrogens with zero attached hydrogens (tertiary/aromatic N) is 1. The molecule has 3 heterocycles. The van der Waals surface area contributed by atoms with Crippen molar-refractivity contribution in [3.8, 4) is 11.1 Å². The zero-order valence-electron chi connectivity index (χ0n) is 20.9. The van der Waals surface area contributed by atoms with Gasteiger partial charge in [-0.25, -0.2) is 4.79 Å². The Bertz CT molecular complexity index is 1550. The Hall–Kier alpha value is -2.90. The van der Waals surface area contributed by atoms with Crippen molar-refractivity contribution in [3.05, 3.63) is 68.7 Å². The van der Waals surface area contributed by atoms with Crippen LogP contribution in [-0.2, 0) is 11.2 Å². The first-order valence-electron chi connectivity index (χ1n) is 13.1. The van der Waals surface area contributed by atoms with E-state index in [9.17, 15) is 14.7 Å². The number of benzene rings is 2. The van der Waals surface area contributed by atoms with Gasteiger partial charge in [0.2, 0.25) is 5.91 Å². The molecule has 1 saturated carbocycles.